The molecule has 1 aromatic carbocycles. The molecule has 0 amide bonds. The molecule has 2 aromatic heterocycles. The van der Waals surface area contributed by atoms with Crippen LogP contribution in [0.5, 0.6) is 0 Å². The molecule has 0 aliphatic rings. The molecule has 112 valence electrons. The quantitative estimate of drug-likeness (QED) is 0.603. The molecule has 22 heavy (non-hydrogen) atoms. The second kappa shape index (κ2) is 5.85. The summed E-state index contributed by atoms with van der Waals surface area (Å²) in [5.74, 6) is 0. The van der Waals surface area contributed by atoms with Gasteiger partial charge in [-0.25, -0.2) is 0 Å². The predicted octanol–water partition coefficient (Wildman–Crippen LogP) is 1.71. The summed E-state index contributed by atoms with van der Waals surface area (Å²) in [7, 11) is 0. The zero-order valence-corrected chi connectivity index (χ0v) is 12.1. The lowest BCUT2D eigenvalue weighted by Crippen LogP contribution is -2.37. The first-order valence-corrected chi connectivity index (χ1v) is 7.04. The van der Waals surface area contributed by atoms with Gasteiger partial charge in [0.25, 0.3) is 10.9 Å². The predicted molar refractivity (Wildman–Crippen MR) is 86.6 cm³/mol. The van der Waals surface area contributed by atoms with E-state index in [0.29, 0.717) is 17.9 Å². The number of H-pyrrole nitrogens is 1. The van der Waals surface area contributed by atoms with Crippen LogP contribution in [-0.4, -0.2) is 16.5 Å². The van der Waals surface area contributed by atoms with Crippen LogP contribution in [0, 0.1) is 6.92 Å². The summed E-state index contributed by atoms with van der Waals surface area (Å²) in [6, 6.07) is 5.49. The maximum atomic E-state index is 11.7. The Balaban J connectivity index is 1.67. The molecule has 0 fully saturated rings. The van der Waals surface area contributed by atoms with E-state index in [1.165, 1.54) is 5.56 Å². The normalized spacial score (nSPS) is 10.8. The number of aromatic nitrogens is 2. The molecule has 0 spiro atoms. The zero-order valence-electron chi connectivity index (χ0n) is 12.1. The van der Waals surface area contributed by atoms with E-state index in [1.54, 1.807) is 24.5 Å². The second-order valence-corrected chi connectivity index (χ2v) is 5.07. The van der Waals surface area contributed by atoms with Gasteiger partial charge in [-0.1, -0.05) is 0 Å². The molecule has 0 radical (unpaired) electrons. The van der Waals surface area contributed by atoms with Crippen molar-refractivity contribution < 1.29 is 0 Å². The van der Waals surface area contributed by atoms with Gasteiger partial charge in [0.2, 0.25) is 0 Å². The molecule has 0 unspecified atom stereocenters. The Morgan fingerprint density at radius 2 is 1.82 bits per heavy atom. The number of hydrogen-bond donors (Lipinski definition) is 3. The van der Waals surface area contributed by atoms with Gasteiger partial charge in [-0.3, -0.25) is 14.6 Å². The SMILES string of the molecule is Cc1[nH]ccc1CCNc1c(Nc2ccncc2)c(=O)c1=O. The third-order valence-corrected chi connectivity index (χ3v) is 3.62. The summed E-state index contributed by atoms with van der Waals surface area (Å²) < 4.78 is 0. The van der Waals surface area contributed by atoms with Crippen molar-refractivity contribution in [2.45, 2.75) is 13.3 Å². The number of nitrogens with one attached hydrogen (secondary N) is 3. The number of hydrogen-bond acceptors (Lipinski definition) is 5. The Labute approximate surface area is 126 Å². The summed E-state index contributed by atoms with van der Waals surface area (Å²) in [5.41, 5.74) is 2.75. The zero-order chi connectivity index (χ0) is 15.5. The molecule has 3 rings (SSSR count). The van der Waals surface area contributed by atoms with Gasteiger partial charge >= 0.3 is 0 Å². The molecule has 6 nitrogen and oxygen atoms in total. The van der Waals surface area contributed by atoms with Crippen LogP contribution in [0.25, 0.3) is 0 Å². The summed E-state index contributed by atoms with van der Waals surface area (Å²) in [5, 5.41) is 6.02. The van der Waals surface area contributed by atoms with Gasteiger partial charge in [0.15, 0.2) is 0 Å². The number of anilines is 3. The van der Waals surface area contributed by atoms with E-state index in [4.69, 9.17) is 0 Å². The largest absolute Gasteiger partial charge is 0.380 e. The van der Waals surface area contributed by atoms with Crippen molar-refractivity contribution in [3.05, 3.63) is 68.5 Å². The van der Waals surface area contributed by atoms with Crippen LogP contribution in [0.15, 0.2) is 46.4 Å². The van der Waals surface area contributed by atoms with Crippen molar-refractivity contribution in [1.82, 2.24) is 9.97 Å². The number of pyridine rings is 1. The molecular formula is C16H16N4O2. The summed E-state index contributed by atoms with van der Waals surface area (Å²) in [6.45, 7) is 2.59. The Bertz CT molecular complexity index is 845. The Morgan fingerprint density at radius 1 is 1.09 bits per heavy atom. The fourth-order valence-corrected chi connectivity index (χ4v) is 2.34. The molecule has 0 bridgehead atoms. The van der Waals surface area contributed by atoms with Crippen molar-refractivity contribution in [3.63, 3.8) is 0 Å². The van der Waals surface area contributed by atoms with Crippen molar-refractivity contribution in [2.24, 2.45) is 0 Å². The van der Waals surface area contributed by atoms with Crippen LogP contribution in [0.1, 0.15) is 11.3 Å². The Hall–Kier alpha value is -2.89. The minimum atomic E-state index is -0.489. The van der Waals surface area contributed by atoms with Crippen LogP contribution in [0.2, 0.25) is 0 Å². The lowest BCUT2D eigenvalue weighted by atomic mass is 10.1. The fourth-order valence-electron chi connectivity index (χ4n) is 2.34. The third kappa shape index (κ3) is 2.63. The van der Waals surface area contributed by atoms with Crippen molar-refractivity contribution in [2.75, 3.05) is 17.2 Å². The number of nitrogens with zero attached hydrogens (tertiary/aromatic N) is 1. The van der Waals surface area contributed by atoms with Gasteiger partial charge in [0.1, 0.15) is 11.4 Å². The average Bonchev–Trinajstić information content (AvgIpc) is 2.95. The highest BCUT2D eigenvalue weighted by Crippen LogP contribution is 2.20. The first kappa shape index (κ1) is 14.1. The van der Waals surface area contributed by atoms with E-state index in [-0.39, 0.29) is 0 Å². The van der Waals surface area contributed by atoms with Crippen molar-refractivity contribution >= 4 is 17.1 Å². The minimum Gasteiger partial charge on any atom is -0.380 e. The molecule has 0 aliphatic carbocycles. The van der Waals surface area contributed by atoms with Gasteiger partial charge in [-0.15, -0.1) is 0 Å². The molecule has 3 aromatic rings. The maximum Gasteiger partial charge on any atom is 0.253 e. The van der Waals surface area contributed by atoms with Crippen LogP contribution < -0.4 is 21.5 Å². The fraction of sp³-hybridized carbons (Fsp3) is 0.188. The average molecular weight is 296 g/mol. The van der Waals surface area contributed by atoms with Crippen molar-refractivity contribution in [3.8, 4) is 0 Å². The molecule has 2 heterocycles. The molecule has 0 saturated carbocycles. The lowest BCUT2D eigenvalue weighted by Gasteiger charge is -2.14. The Morgan fingerprint density at radius 3 is 2.50 bits per heavy atom. The molecule has 0 saturated heterocycles. The van der Waals surface area contributed by atoms with Gasteiger partial charge in [0, 0.05) is 36.5 Å². The third-order valence-electron chi connectivity index (χ3n) is 3.62. The minimum absolute atomic E-state index is 0.321. The van der Waals surface area contributed by atoms with Gasteiger partial charge in [0.05, 0.1) is 0 Å². The van der Waals surface area contributed by atoms with Crippen LogP contribution in [0.3, 0.4) is 0 Å². The summed E-state index contributed by atoms with van der Waals surface area (Å²) >= 11 is 0. The highest BCUT2D eigenvalue weighted by atomic mass is 16.2. The van der Waals surface area contributed by atoms with Crippen LogP contribution in [0.4, 0.5) is 17.1 Å². The first-order valence-electron chi connectivity index (χ1n) is 7.04. The topological polar surface area (TPSA) is 86.9 Å². The van der Waals surface area contributed by atoms with E-state index >= 15 is 0 Å². The number of rotatable bonds is 6. The highest BCUT2D eigenvalue weighted by molar-refractivity contribution is 5.78. The molecular weight excluding hydrogens is 280 g/mol. The van der Waals surface area contributed by atoms with E-state index in [1.807, 2.05) is 19.2 Å². The van der Waals surface area contributed by atoms with E-state index < -0.39 is 10.9 Å². The van der Waals surface area contributed by atoms with E-state index in [0.717, 1.165) is 17.8 Å². The second-order valence-electron chi connectivity index (χ2n) is 5.07. The lowest BCUT2D eigenvalue weighted by molar-refractivity contribution is 0.998. The monoisotopic (exact) mass is 296 g/mol. The summed E-state index contributed by atoms with van der Waals surface area (Å²) in [4.78, 5) is 30.4. The van der Waals surface area contributed by atoms with Gasteiger partial charge in [-0.05, 0) is 37.1 Å². The van der Waals surface area contributed by atoms with Gasteiger partial charge < -0.3 is 15.6 Å². The van der Waals surface area contributed by atoms with Gasteiger partial charge in [-0.2, -0.15) is 0 Å². The Kier molecular flexibility index (Phi) is 3.74. The number of aromatic amines is 1. The maximum absolute atomic E-state index is 11.7. The summed E-state index contributed by atoms with van der Waals surface area (Å²) in [6.07, 6.45) is 5.91. The smallest absolute Gasteiger partial charge is 0.253 e. The van der Waals surface area contributed by atoms with Crippen molar-refractivity contribution in [1.29, 1.82) is 0 Å². The first-order chi connectivity index (χ1) is 10.7. The number of aryl methyl sites for hydroxylation is 1. The molecule has 0 aliphatic heterocycles. The van der Waals surface area contributed by atoms with Crippen LogP contribution in [-0.2, 0) is 6.42 Å². The molecule has 6 heteroatoms. The molecule has 3 N–H and O–H groups in total. The van der Waals surface area contributed by atoms with E-state index in [2.05, 4.69) is 20.6 Å². The molecule has 0 atom stereocenters. The van der Waals surface area contributed by atoms with E-state index in [9.17, 15) is 9.59 Å². The highest BCUT2D eigenvalue weighted by Gasteiger charge is 2.20. The standard InChI is InChI=1S/C16H16N4O2/c1-10-11(2-8-18-10)3-9-19-13-14(16(22)15(13)21)20-12-4-6-17-7-5-12/h2,4-8,18-19H,3,9H2,1H3,(H,17,20). The van der Waals surface area contributed by atoms with Crippen LogP contribution >= 0.6 is 0 Å².